The smallest absolute Gasteiger partial charge is 0.265 e. The lowest BCUT2D eigenvalue weighted by molar-refractivity contribution is -0.112. The first kappa shape index (κ1) is 5.77. The van der Waals surface area contributed by atoms with Gasteiger partial charge in [-0.25, -0.2) is 4.99 Å². The molecule has 1 amide bonds. The van der Waals surface area contributed by atoms with Gasteiger partial charge in [-0.1, -0.05) is 6.07 Å². The summed E-state index contributed by atoms with van der Waals surface area (Å²) in [5.74, 6) is -0.279. The molecule has 0 spiro atoms. The molecule has 1 aromatic rings. The standard InChI is InChI=1S/C8H3N3O/c12-8-7-6-4(9-8)2-1-3-5(6)10-11-7/h1-3H. The van der Waals surface area contributed by atoms with Crippen LogP contribution < -0.4 is 10.6 Å². The van der Waals surface area contributed by atoms with Crippen molar-refractivity contribution in [3.05, 3.63) is 28.8 Å². The van der Waals surface area contributed by atoms with Crippen molar-refractivity contribution in [2.45, 2.75) is 0 Å². The Morgan fingerprint density at radius 1 is 1.17 bits per heavy atom. The summed E-state index contributed by atoms with van der Waals surface area (Å²) in [5, 5.41) is 9.09. The lowest BCUT2D eigenvalue weighted by atomic mass is 10.2. The number of benzene rings is 1. The van der Waals surface area contributed by atoms with Gasteiger partial charge in [0.25, 0.3) is 5.91 Å². The van der Waals surface area contributed by atoms with E-state index in [2.05, 4.69) is 15.2 Å². The van der Waals surface area contributed by atoms with E-state index >= 15 is 0 Å². The summed E-state index contributed by atoms with van der Waals surface area (Å²) in [6, 6.07) is 5.43. The highest BCUT2D eigenvalue weighted by molar-refractivity contribution is 6.15. The van der Waals surface area contributed by atoms with E-state index in [4.69, 9.17) is 0 Å². The minimum atomic E-state index is -0.279. The van der Waals surface area contributed by atoms with Gasteiger partial charge >= 0.3 is 0 Å². The summed E-state index contributed by atoms with van der Waals surface area (Å²) in [4.78, 5) is 15.0. The highest BCUT2D eigenvalue weighted by atomic mass is 16.1. The molecule has 0 aliphatic carbocycles. The average molecular weight is 157 g/mol. The molecule has 4 heteroatoms. The Morgan fingerprint density at radius 3 is 3.00 bits per heavy atom. The van der Waals surface area contributed by atoms with Crippen molar-refractivity contribution in [3.63, 3.8) is 0 Å². The number of azo groups is 1. The molecule has 12 heavy (non-hydrogen) atoms. The minimum Gasteiger partial charge on any atom is -0.265 e. The maximum Gasteiger partial charge on any atom is 0.298 e. The molecule has 2 aliphatic rings. The second-order valence-corrected chi connectivity index (χ2v) is 2.64. The van der Waals surface area contributed by atoms with E-state index in [9.17, 15) is 4.79 Å². The first-order valence-corrected chi connectivity index (χ1v) is 3.54. The highest BCUT2D eigenvalue weighted by Gasteiger charge is 2.21. The molecule has 0 unspecified atom stereocenters. The SMILES string of the molecule is O=C1N=c2cccc3c2=C1N=N3. The van der Waals surface area contributed by atoms with Crippen molar-refractivity contribution in [2.24, 2.45) is 15.2 Å². The van der Waals surface area contributed by atoms with Gasteiger partial charge in [0.15, 0.2) is 5.70 Å². The molecule has 0 saturated heterocycles. The normalized spacial score (nSPS) is 16.7. The van der Waals surface area contributed by atoms with Crippen LogP contribution in [0.5, 0.6) is 0 Å². The Labute approximate surface area is 67.0 Å². The van der Waals surface area contributed by atoms with Gasteiger partial charge in [0, 0.05) is 0 Å². The van der Waals surface area contributed by atoms with E-state index in [1.807, 2.05) is 12.1 Å². The lowest BCUT2D eigenvalue weighted by Gasteiger charge is -1.84. The molecule has 0 fully saturated rings. The average Bonchev–Trinajstić information content (AvgIpc) is 2.60. The highest BCUT2D eigenvalue weighted by Crippen LogP contribution is 2.17. The largest absolute Gasteiger partial charge is 0.298 e. The van der Waals surface area contributed by atoms with E-state index in [-0.39, 0.29) is 5.91 Å². The van der Waals surface area contributed by atoms with Crippen LogP contribution in [0.1, 0.15) is 0 Å². The fraction of sp³-hybridized carbons (Fsp3) is 0. The third-order valence-electron chi connectivity index (χ3n) is 1.94. The van der Waals surface area contributed by atoms with Gasteiger partial charge in [-0.3, -0.25) is 4.79 Å². The van der Waals surface area contributed by atoms with E-state index in [0.717, 1.165) is 10.9 Å². The van der Waals surface area contributed by atoms with Gasteiger partial charge in [0.2, 0.25) is 0 Å². The number of hydrogen-bond donors (Lipinski definition) is 0. The van der Waals surface area contributed by atoms with Crippen molar-refractivity contribution in [3.8, 4) is 0 Å². The van der Waals surface area contributed by atoms with Gasteiger partial charge < -0.3 is 0 Å². The fourth-order valence-corrected chi connectivity index (χ4v) is 1.41. The summed E-state index contributed by atoms with van der Waals surface area (Å²) in [6.45, 7) is 0. The zero-order valence-corrected chi connectivity index (χ0v) is 5.98. The summed E-state index contributed by atoms with van der Waals surface area (Å²) < 4.78 is 0. The van der Waals surface area contributed by atoms with Crippen LogP contribution in [-0.2, 0) is 4.79 Å². The van der Waals surface area contributed by atoms with Crippen LogP contribution in [0.25, 0.3) is 5.70 Å². The molecule has 3 rings (SSSR count). The van der Waals surface area contributed by atoms with E-state index in [1.165, 1.54) is 0 Å². The van der Waals surface area contributed by atoms with Gasteiger partial charge in [-0.2, -0.15) is 0 Å². The predicted octanol–water partition coefficient (Wildman–Crippen LogP) is 0.0519. The number of amides is 1. The van der Waals surface area contributed by atoms with Crippen LogP contribution in [0.15, 0.2) is 33.4 Å². The topological polar surface area (TPSA) is 54.1 Å². The summed E-state index contributed by atoms with van der Waals surface area (Å²) >= 11 is 0. The first-order valence-electron chi connectivity index (χ1n) is 3.54. The summed E-state index contributed by atoms with van der Waals surface area (Å²) in [6.07, 6.45) is 0. The molecule has 0 saturated carbocycles. The molecular weight excluding hydrogens is 154 g/mol. The van der Waals surface area contributed by atoms with Gasteiger partial charge in [0.05, 0.1) is 16.3 Å². The van der Waals surface area contributed by atoms with Crippen molar-refractivity contribution in [2.75, 3.05) is 0 Å². The maximum absolute atomic E-state index is 11.1. The second kappa shape index (κ2) is 1.66. The Kier molecular flexibility index (Phi) is 0.798. The number of carbonyl (C=O) groups is 1. The fourth-order valence-electron chi connectivity index (χ4n) is 1.41. The molecule has 1 aromatic carbocycles. The number of nitrogens with zero attached hydrogens (tertiary/aromatic N) is 3. The molecule has 0 atom stereocenters. The summed E-state index contributed by atoms with van der Waals surface area (Å²) in [5.41, 5.74) is 1.14. The third kappa shape index (κ3) is 0.492. The zero-order valence-electron chi connectivity index (χ0n) is 5.98. The lowest BCUT2D eigenvalue weighted by Crippen LogP contribution is -2.20. The first-order chi connectivity index (χ1) is 5.86. The Bertz CT molecular complexity index is 542. The molecule has 0 bridgehead atoms. The van der Waals surface area contributed by atoms with Crippen LogP contribution in [0.2, 0.25) is 0 Å². The van der Waals surface area contributed by atoms with E-state index in [1.54, 1.807) is 6.07 Å². The van der Waals surface area contributed by atoms with Gasteiger partial charge in [-0.05, 0) is 12.1 Å². The van der Waals surface area contributed by atoms with Crippen molar-refractivity contribution >= 4 is 17.3 Å². The number of rotatable bonds is 0. The molecule has 0 radical (unpaired) electrons. The molecule has 2 aliphatic heterocycles. The summed E-state index contributed by atoms with van der Waals surface area (Å²) in [7, 11) is 0. The van der Waals surface area contributed by atoms with Gasteiger partial charge in [-0.15, -0.1) is 10.2 Å². The van der Waals surface area contributed by atoms with Crippen LogP contribution in [0.4, 0.5) is 5.69 Å². The molecular formula is C8H3N3O. The quantitative estimate of drug-likeness (QED) is 0.525. The Morgan fingerprint density at radius 2 is 2.08 bits per heavy atom. The van der Waals surface area contributed by atoms with Crippen LogP contribution >= 0.6 is 0 Å². The maximum atomic E-state index is 11.1. The Balaban J connectivity index is 2.70. The van der Waals surface area contributed by atoms with Crippen molar-refractivity contribution in [1.29, 1.82) is 0 Å². The van der Waals surface area contributed by atoms with Crippen LogP contribution in [0, 0.1) is 0 Å². The number of hydrogen-bond acceptors (Lipinski definition) is 3. The van der Waals surface area contributed by atoms with Crippen LogP contribution in [-0.4, -0.2) is 5.91 Å². The number of carbonyl (C=O) groups excluding carboxylic acids is 1. The third-order valence-corrected chi connectivity index (χ3v) is 1.94. The van der Waals surface area contributed by atoms with Crippen LogP contribution in [0.3, 0.4) is 0 Å². The Hall–Kier alpha value is -1.84. The molecule has 2 heterocycles. The second-order valence-electron chi connectivity index (χ2n) is 2.64. The predicted molar refractivity (Wildman–Crippen MR) is 40.2 cm³/mol. The molecule has 56 valence electrons. The van der Waals surface area contributed by atoms with E-state index < -0.39 is 0 Å². The van der Waals surface area contributed by atoms with E-state index in [0.29, 0.717) is 11.1 Å². The van der Waals surface area contributed by atoms with Crippen molar-refractivity contribution in [1.82, 2.24) is 0 Å². The van der Waals surface area contributed by atoms with Gasteiger partial charge in [0.1, 0.15) is 0 Å². The zero-order chi connectivity index (χ0) is 8.13. The monoisotopic (exact) mass is 157 g/mol. The molecule has 0 aromatic heterocycles. The van der Waals surface area contributed by atoms with Crippen molar-refractivity contribution < 1.29 is 4.79 Å². The molecule has 0 N–H and O–H groups in total. The minimum absolute atomic E-state index is 0.279. The molecule has 4 nitrogen and oxygen atoms in total.